The van der Waals surface area contributed by atoms with E-state index in [-0.39, 0.29) is 0 Å². The number of carbonyl (C=O) groups is 1. The Labute approximate surface area is 151 Å². The second kappa shape index (κ2) is 8.11. The van der Waals surface area contributed by atoms with Gasteiger partial charge >= 0.3 is 6.09 Å². The predicted octanol–water partition coefficient (Wildman–Crippen LogP) is 5.04. The van der Waals surface area contributed by atoms with E-state index >= 15 is 0 Å². The van der Waals surface area contributed by atoms with Gasteiger partial charge in [-0.3, -0.25) is 0 Å². The van der Waals surface area contributed by atoms with Gasteiger partial charge in [0.05, 0.1) is 0 Å². The molecule has 2 aromatic rings. The first-order valence-electron chi connectivity index (χ1n) is 7.67. The standard InChI is InChI=1S/C19H21BrN2O2/c1-19(2,3)24-18(23)22-13-16-8-5-14(6-9-16)4-7-15-10-11-21-17(20)12-15/h4-12H,13H2,1-3H3,(H,22,23)/b7-4+. The average molecular weight is 389 g/mol. The average Bonchev–Trinajstić information content (AvgIpc) is 2.50. The van der Waals surface area contributed by atoms with Gasteiger partial charge in [-0.05, 0) is 65.5 Å². The van der Waals surface area contributed by atoms with E-state index in [1.54, 1.807) is 6.20 Å². The van der Waals surface area contributed by atoms with Crippen molar-refractivity contribution in [2.75, 3.05) is 0 Å². The molecule has 1 heterocycles. The third-order valence-corrected chi connectivity index (χ3v) is 3.47. The lowest BCUT2D eigenvalue weighted by Gasteiger charge is -2.19. The first kappa shape index (κ1) is 18.2. The van der Waals surface area contributed by atoms with Crippen LogP contribution in [0, 0.1) is 0 Å². The molecule has 126 valence electrons. The number of halogens is 1. The van der Waals surface area contributed by atoms with Crippen molar-refractivity contribution in [2.24, 2.45) is 0 Å². The van der Waals surface area contributed by atoms with E-state index in [1.807, 2.05) is 69.3 Å². The number of aromatic nitrogens is 1. The second-order valence-corrected chi connectivity index (χ2v) is 7.15. The topological polar surface area (TPSA) is 51.2 Å². The van der Waals surface area contributed by atoms with Crippen LogP contribution in [0.1, 0.15) is 37.5 Å². The molecule has 0 atom stereocenters. The zero-order chi connectivity index (χ0) is 17.6. The molecule has 24 heavy (non-hydrogen) atoms. The maximum Gasteiger partial charge on any atom is 0.407 e. The van der Waals surface area contributed by atoms with Crippen molar-refractivity contribution in [1.29, 1.82) is 0 Å². The van der Waals surface area contributed by atoms with Gasteiger partial charge < -0.3 is 10.1 Å². The molecule has 0 aliphatic rings. The van der Waals surface area contributed by atoms with E-state index in [2.05, 4.69) is 26.2 Å². The highest BCUT2D eigenvalue weighted by Gasteiger charge is 2.15. The summed E-state index contributed by atoms with van der Waals surface area (Å²) in [7, 11) is 0. The molecule has 0 bridgehead atoms. The monoisotopic (exact) mass is 388 g/mol. The zero-order valence-electron chi connectivity index (χ0n) is 14.0. The van der Waals surface area contributed by atoms with Crippen LogP contribution >= 0.6 is 15.9 Å². The van der Waals surface area contributed by atoms with E-state index in [4.69, 9.17) is 4.74 Å². The molecular weight excluding hydrogens is 368 g/mol. The maximum absolute atomic E-state index is 11.6. The molecule has 1 N–H and O–H groups in total. The quantitative estimate of drug-likeness (QED) is 0.746. The molecular formula is C19H21BrN2O2. The summed E-state index contributed by atoms with van der Waals surface area (Å²) in [4.78, 5) is 15.7. The summed E-state index contributed by atoms with van der Waals surface area (Å²) in [5.41, 5.74) is 2.70. The maximum atomic E-state index is 11.6. The van der Waals surface area contributed by atoms with Crippen molar-refractivity contribution >= 4 is 34.2 Å². The third kappa shape index (κ3) is 6.54. The lowest BCUT2D eigenvalue weighted by molar-refractivity contribution is 0.0523. The number of hydrogen-bond donors (Lipinski definition) is 1. The first-order valence-corrected chi connectivity index (χ1v) is 8.46. The molecule has 0 saturated carbocycles. The highest BCUT2D eigenvalue weighted by atomic mass is 79.9. The normalized spacial score (nSPS) is 11.5. The zero-order valence-corrected chi connectivity index (χ0v) is 15.6. The number of alkyl carbamates (subject to hydrolysis) is 1. The largest absolute Gasteiger partial charge is 0.444 e. The Balaban J connectivity index is 1.90. The Bertz CT molecular complexity index is 719. The Hall–Kier alpha value is -2.14. The number of benzene rings is 1. The van der Waals surface area contributed by atoms with Crippen molar-refractivity contribution in [2.45, 2.75) is 32.9 Å². The van der Waals surface area contributed by atoms with Crippen LogP contribution in [0.15, 0.2) is 47.2 Å². The summed E-state index contributed by atoms with van der Waals surface area (Å²) < 4.78 is 6.02. The van der Waals surface area contributed by atoms with Crippen molar-refractivity contribution < 1.29 is 9.53 Å². The number of rotatable bonds is 4. The van der Waals surface area contributed by atoms with Crippen molar-refractivity contribution in [3.8, 4) is 0 Å². The van der Waals surface area contributed by atoms with Crippen molar-refractivity contribution in [3.63, 3.8) is 0 Å². The molecule has 0 radical (unpaired) electrons. The fraction of sp³-hybridized carbons (Fsp3) is 0.263. The Kier molecular flexibility index (Phi) is 6.15. The molecule has 4 nitrogen and oxygen atoms in total. The molecule has 1 aromatic heterocycles. The van der Waals surface area contributed by atoms with Crippen LogP contribution in [0.25, 0.3) is 12.2 Å². The molecule has 0 spiro atoms. The molecule has 0 aliphatic heterocycles. The molecule has 0 fully saturated rings. The number of hydrogen-bond acceptors (Lipinski definition) is 3. The Morgan fingerprint density at radius 2 is 1.83 bits per heavy atom. The van der Waals surface area contributed by atoms with Gasteiger partial charge in [0.25, 0.3) is 0 Å². The van der Waals surface area contributed by atoms with Crippen LogP contribution in [0.3, 0.4) is 0 Å². The minimum atomic E-state index is -0.485. The molecule has 5 heteroatoms. The SMILES string of the molecule is CC(C)(C)OC(=O)NCc1ccc(/C=C/c2ccnc(Br)c2)cc1. The summed E-state index contributed by atoms with van der Waals surface area (Å²) in [6, 6.07) is 11.9. The predicted molar refractivity (Wildman–Crippen MR) is 100 cm³/mol. The van der Waals surface area contributed by atoms with Crippen molar-refractivity contribution in [1.82, 2.24) is 10.3 Å². The first-order chi connectivity index (χ1) is 11.3. The van der Waals surface area contributed by atoms with E-state index in [1.165, 1.54) is 0 Å². The Morgan fingerprint density at radius 1 is 1.17 bits per heavy atom. The van der Waals surface area contributed by atoms with E-state index in [0.717, 1.165) is 21.3 Å². The van der Waals surface area contributed by atoms with Crippen molar-refractivity contribution in [3.05, 3.63) is 63.9 Å². The lowest BCUT2D eigenvalue weighted by atomic mass is 10.1. The van der Waals surface area contributed by atoms with Crippen LogP contribution in [0.5, 0.6) is 0 Å². The molecule has 2 rings (SSSR count). The van der Waals surface area contributed by atoms with Gasteiger partial charge in [0.1, 0.15) is 10.2 Å². The highest BCUT2D eigenvalue weighted by Crippen LogP contribution is 2.13. The molecule has 0 saturated heterocycles. The number of amides is 1. The van der Waals surface area contributed by atoms with Gasteiger partial charge in [0, 0.05) is 12.7 Å². The van der Waals surface area contributed by atoms with Gasteiger partial charge in [-0.25, -0.2) is 9.78 Å². The molecule has 0 unspecified atom stereocenters. The smallest absolute Gasteiger partial charge is 0.407 e. The van der Waals surface area contributed by atoms with Crippen LogP contribution in [-0.2, 0) is 11.3 Å². The molecule has 0 aliphatic carbocycles. The fourth-order valence-corrected chi connectivity index (χ4v) is 2.33. The second-order valence-electron chi connectivity index (χ2n) is 6.34. The number of pyridine rings is 1. The van der Waals surface area contributed by atoms with Crippen LogP contribution in [0.2, 0.25) is 0 Å². The van der Waals surface area contributed by atoms with Gasteiger partial charge in [0.2, 0.25) is 0 Å². The fourth-order valence-electron chi connectivity index (χ4n) is 1.95. The summed E-state index contributed by atoms with van der Waals surface area (Å²) in [6.07, 6.45) is 5.41. The molecule has 1 amide bonds. The summed E-state index contributed by atoms with van der Waals surface area (Å²) in [6.45, 7) is 5.97. The molecule has 1 aromatic carbocycles. The third-order valence-electron chi connectivity index (χ3n) is 3.03. The minimum absolute atomic E-state index is 0.408. The summed E-state index contributed by atoms with van der Waals surface area (Å²) >= 11 is 3.36. The lowest BCUT2D eigenvalue weighted by Crippen LogP contribution is -2.32. The van der Waals surface area contributed by atoms with Crippen LogP contribution < -0.4 is 5.32 Å². The van der Waals surface area contributed by atoms with Gasteiger partial charge in [-0.15, -0.1) is 0 Å². The van der Waals surface area contributed by atoms with Crippen LogP contribution in [0.4, 0.5) is 4.79 Å². The summed E-state index contributed by atoms with van der Waals surface area (Å²) in [5, 5.41) is 2.75. The number of carbonyl (C=O) groups excluding carboxylic acids is 1. The van der Waals surface area contributed by atoms with Crippen LogP contribution in [-0.4, -0.2) is 16.7 Å². The number of nitrogens with one attached hydrogen (secondary N) is 1. The minimum Gasteiger partial charge on any atom is -0.444 e. The highest BCUT2D eigenvalue weighted by molar-refractivity contribution is 9.10. The number of ether oxygens (including phenoxy) is 1. The Morgan fingerprint density at radius 3 is 2.46 bits per heavy atom. The van der Waals surface area contributed by atoms with E-state index in [0.29, 0.717) is 6.54 Å². The number of nitrogens with zero attached hydrogens (tertiary/aromatic N) is 1. The van der Waals surface area contributed by atoms with Gasteiger partial charge in [-0.1, -0.05) is 36.4 Å². The van der Waals surface area contributed by atoms with E-state index in [9.17, 15) is 4.79 Å². The summed E-state index contributed by atoms with van der Waals surface area (Å²) in [5.74, 6) is 0. The van der Waals surface area contributed by atoms with E-state index < -0.39 is 11.7 Å². The van der Waals surface area contributed by atoms with Gasteiger partial charge in [0.15, 0.2) is 0 Å². The van der Waals surface area contributed by atoms with Gasteiger partial charge in [-0.2, -0.15) is 0 Å².